The molecule has 1 amide bonds. The number of aliphatic hydroxyl groups is 5. The zero-order chi connectivity index (χ0) is 35.9. The summed E-state index contributed by atoms with van der Waals surface area (Å²) in [5.41, 5.74) is -0.619. The van der Waals surface area contributed by atoms with E-state index in [1.807, 2.05) is 13.8 Å². The maximum atomic E-state index is 12.0. The van der Waals surface area contributed by atoms with Gasteiger partial charge in [-0.3, -0.25) is 4.79 Å². The van der Waals surface area contributed by atoms with E-state index in [-0.39, 0.29) is 40.7 Å². The summed E-state index contributed by atoms with van der Waals surface area (Å²) < 4.78 is 25.7. The van der Waals surface area contributed by atoms with E-state index in [4.69, 9.17) is 18.9 Å². The van der Waals surface area contributed by atoms with Gasteiger partial charge in [-0.15, -0.1) is 0 Å². The quantitative estimate of drug-likeness (QED) is 0.218. The summed E-state index contributed by atoms with van der Waals surface area (Å²) in [7, 11) is 0. The molecule has 0 spiro atoms. The van der Waals surface area contributed by atoms with Gasteiger partial charge >= 0.3 is 0 Å². The number of allylic oxidation sites excluding steroid dienone is 1. The van der Waals surface area contributed by atoms with Gasteiger partial charge in [-0.05, 0) is 108 Å². The second-order valence-corrected chi connectivity index (χ2v) is 18.3. The van der Waals surface area contributed by atoms with E-state index in [2.05, 4.69) is 32.2 Å². The predicted octanol–water partition coefficient (Wildman–Crippen LogP) is 3.12. The van der Waals surface area contributed by atoms with Crippen molar-refractivity contribution in [2.75, 3.05) is 6.61 Å². The Morgan fingerprint density at radius 2 is 1.63 bits per heavy atom. The van der Waals surface area contributed by atoms with Crippen LogP contribution in [-0.2, 0) is 23.7 Å². The van der Waals surface area contributed by atoms with Gasteiger partial charge in [0.15, 0.2) is 6.29 Å². The van der Waals surface area contributed by atoms with Crippen LogP contribution in [0.3, 0.4) is 0 Å². The minimum atomic E-state index is -1.38. The summed E-state index contributed by atoms with van der Waals surface area (Å²) in [5.74, 6) is 0.433. The van der Waals surface area contributed by atoms with Crippen molar-refractivity contribution in [2.24, 2.45) is 28.1 Å². The van der Waals surface area contributed by atoms with Gasteiger partial charge in [0.05, 0.1) is 48.3 Å². The Balaban J connectivity index is 1.15. The summed E-state index contributed by atoms with van der Waals surface area (Å²) in [4.78, 5) is 12.0. The van der Waals surface area contributed by atoms with Gasteiger partial charge in [0.25, 0.3) is 0 Å². The molecule has 15 atom stereocenters. The summed E-state index contributed by atoms with van der Waals surface area (Å²) >= 11 is 0. The molecule has 0 aromatic heterocycles. The maximum Gasteiger partial charge on any atom is 0.217 e. The number of fused-ring (bicyclic) bond motifs is 4. The molecule has 3 aliphatic carbocycles. The third-order valence-electron chi connectivity index (χ3n) is 13.9. The van der Waals surface area contributed by atoms with Crippen molar-refractivity contribution >= 4 is 5.91 Å². The van der Waals surface area contributed by atoms with Gasteiger partial charge in [-0.25, -0.2) is 0 Å². The lowest BCUT2D eigenvalue weighted by molar-refractivity contribution is -0.315. The molecule has 11 heteroatoms. The molecule has 0 aromatic rings. The first-order chi connectivity index (χ1) is 22.7. The molecule has 49 heavy (non-hydrogen) atoms. The van der Waals surface area contributed by atoms with E-state index in [1.54, 1.807) is 13.8 Å². The monoisotopic (exact) mass is 693 g/mol. The molecular weight excluding hydrogens is 630 g/mol. The molecule has 3 aliphatic heterocycles. The summed E-state index contributed by atoms with van der Waals surface area (Å²) in [5, 5.41) is 56.0. The standard InChI is InChI=1S/C38H63NO10/c1-20(41)39-29-31(44)30(43)24(19-40)46-33(29)49-35(4,5)27-13-15-36(6)17-21(9-12-28(36)47-27)22-10-11-25-37(7)16-14-26(34(2,3)45)48-32(37)23(42)18-38(22,25)8/h17,22-33,40,42-45H,9-16,18-19H2,1-8H3,(H,39,41)/t22-,23-,24-,25-,26+,27-,28-,29-,30+,31-,32+,33+,36+,37+,38+/m0/s1. The van der Waals surface area contributed by atoms with Crippen LogP contribution in [0, 0.1) is 28.1 Å². The third kappa shape index (κ3) is 6.56. The van der Waals surface area contributed by atoms with E-state index < -0.39 is 60.5 Å². The first kappa shape index (κ1) is 37.6. The highest BCUT2D eigenvalue weighted by molar-refractivity contribution is 5.73. The topological polar surface area (TPSA) is 167 Å². The molecular formula is C38H63NO10. The highest BCUT2D eigenvalue weighted by Crippen LogP contribution is 2.67. The predicted molar refractivity (Wildman–Crippen MR) is 181 cm³/mol. The fraction of sp³-hybridized carbons (Fsp3) is 0.921. The Kier molecular flexibility index (Phi) is 10.0. The van der Waals surface area contributed by atoms with Crippen molar-refractivity contribution in [3.8, 4) is 0 Å². The van der Waals surface area contributed by atoms with Gasteiger partial charge < -0.3 is 49.8 Å². The second-order valence-electron chi connectivity index (χ2n) is 18.3. The number of rotatable bonds is 7. The highest BCUT2D eigenvalue weighted by Gasteiger charge is 2.65. The van der Waals surface area contributed by atoms with Crippen LogP contribution in [0.2, 0.25) is 0 Å². The zero-order valence-electron chi connectivity index (χ0n) is 30.9. The average Bonchev–Trinajstić information content (AvgIpc) is 3.36. The Morgan fingerprint density at radius 1 is 0.939 bits per heavy atom. The number of amides is 1. The van der Waals surface area contributed by atoms with Crippen molar-refractivity contribution < 1.29 is 49.3 Å². The number of nitrogens with one attached hydrogen (secondary N) is 1. The largest absolute Gasteiger partial charge is 0.394 e. The lowest BCUT2D eigenvalue weighted by atomic mass is 9.50. The number of ether oxygens (including phenoxy) is 4. The Labute approximate surface area is 292 Å². The molecule has 6 aliphatic rings. The summed E-state index contributed by atoms with van der Waals surface area (Å²) in [6.45, 7) is 15.3. The van der Waals surface area contributed by atoms with E-state index in [0.717, 1.165) is 51.4 Å². The van der Waals surface area contributed by atoms with E-state index in [1.165, 1.54) is 12.5 Å². The van der Waals surface area contributed by atoms with Crippen molar-refractivity contribution in [3.05, 3.63) is 11.6 Å². The van der Waals surface area contributed by atoms with Crippen molar-refractivity contribution in [2.45, 2.75) is 186 Å². The number of aliphatic hydroxyl groups excluding tert-OH is 4. The fourth-order valence-corrected chi connectivity index (χ4v) is 11.3. The fourth-order valence-electron chi connectivity index (χ4n) is 11.3. The lowest BCUT2D eigenvalue weighted by Crippen LogP contribution is -2.66. The molecule has 0 radical (unpaired) electrons. The maximum absolute atomic E-state index is 12.0. The van der Waals surface area contributed by atoms with Crippen LogP contribution in [0.4, 0.5) is 0 Å². The number of hydrogen-bond donors (Lipinski definition) is 6. The smallest absolute Gasteiger partial charge is 0.217 e. The van der Waals surface area contributed by atoms with Gasteiger partial charge in [0.1, 0.15) is 24.4 Å². The summed E-state index contributed by atoms with van der Waals surface area (Å²) in [6, 6.07) is -1.01. The molecule has 11 nitrogen and oxygen atoms in total. The Hall–Kier alpha value is -1.15. The first-order valence-electron chi connectivity index (χ1n) is 18.7. The normalized spacial score (nSPS) is 49.0. The SMILES string of the molecule is CC(=O)N[C@@H]1[C@@H](OC(C)(C)[C@@H]2CC[C@]3(C)C=C([C@@H]4CC[C@@H]5[C@]4(C)C[C@H](O)[C@H]4O[C@@H](C(C)(C)O)CC[C@]54C)CC[C@@H]3O2)O[C@@H](CO)[C@@H](O)[C@H]1O. The van der Waals surface area contributed by atoms with Crippen molar-refractivity contribution in [3.63, 3.8) is 0 Å². The van der Waals surface area contributed by atoms with Crippen LogP contribution >= 0.6 is 0 Å². The van der Waals surface area contributed by atoms with Crippen molar-refractivity contribution in [1.29, 1.82) is 0 Å². The number of hydrogen-bond acceptors (Lipinski definition) is 10. The molecule has 6 rings (SSSR count). The molecule has 3 saturated heterocycles. The lowest BCUT2D eigenvalue weighted by Gasteiger charge is -2.60. The van der Waals surface area contributed by atoms with Gasteiger partial charge in [-0.1, -0.05) is 32.4 Å². The van der Waals surface area contributed by atoms with Crippen LogP contribution in [-0.4, -0.2) is 110 Å². The molecule has 0 unspecified atom stereocenters. The number of carbonyl (C=O) groups excluding carboxylic acids is 1. The van der Waals surface area contributed by atoms with Crippen LogP contribution in [0.5, 0.6) is 0 Å². The van der Waals surface area contributed by atoms with Crippen LogP contribution in [0.1, 0.15) is 113 Å². The average molecular weight is 694 g/mol. The Morgan fingerprint density at radius 3 is 2.29 bits per heavy atom. The Bertz CT molecular complexity index is 1270. The molecule has 0 aromatic carbocycles. The first-order valence-corrected chi connectivity index (χ1v) is 18.7. The highest BCUT2D eigenvalue weighted by atomic mass is 16.7. The van der Waals surface area contributed by atoms with E-state index >= 15 is 0 Å². The van der Waals surface area contributed by atoms with E-state index in [0.29, 0.717) is 18.3 Å². The third-order valence-corrected chi connectivity index (χ3v) is 13.9. The van der Waals surface area contributed by atoms with Crippen LogP contribution < -0.4 is 5.32 Å². The summed E-state index contributed by atoms with van der Waals surface area (Å²) in [6.07, 6.45) is 4.35. The van der Waals surface area contributed by atoms with E-state index in [9.17, 15) is 30.3 Å². The van der Waals surface area contributed by atoms with Gasteiger partial charge in [0.2, 0.25) is 5.91 Å². The second kappa shape index (κ2) is 13.1. The zero-order valence-corrected chi connectivity index (χ0v) is 30.9. The van der Waals surface area contributed by atoms with Crippen molar-refractivity contribution in [1.82, 2.24) is 5.32 Å². The molecule has 2 saturated carbocycles. The number of carbonyl (C=O) groups is 1. The van der Waals surface area contributed by atoms with Gasteiger partial charge in [0, 0.05) is 12.3 Å². The van der Waals surface area contributed by atoms with Gasteiger partial charge in [-0.2, -0.15) is 0 Å². The minimum absolute atomic E-state index is 0.0109. The molecule has 3 heterocycles. The van der Waals surface area contributed by atoms with Crippen LogP contribution in [0.25, 0.3) is 0 Å². The molecule has 5 fully saturated rings. The molecule has 6 N–H and O–H groups in total. The molecule has 280 valence electrons. The molecule has 0 bridgehead atoms. The minimum Gasteiger partial charge on any atom is -0.394 e. The van der Waals surface area contributed by atoms with Crippen LogP contribution in [0.15, 0.2) is 11.6 Å².